The smallest absolute Gasteiger partial charge is 0.328 e. The maximum absolute atomic E-state index is 13.0. The molecule has 1 heterocycles. The lowest BCUT2D eigenvalue weighted by Gasteiger charge is -2.41. The Hall–Kier alpha value is -3.72. The van der Waals surface area contributed by atoms with Crippen LogP contribution in [0, 0.1) is 5.92 Å². The van der Waals surface area contributed by atoms with E-state index in [0.29, 0.717) is 0 Å². The molecule has 0 radical (unpaired) electrons. The first-order valence-electron chi connectivity index (χ1n) is 13.1. The fourth-order valence-electron chi connectivity index (χ4n) is 4.90. The molecular formula is C29H38N4O5. The van der Waals surface area contributed by atoms with Crippen LogP contribution in [-0.2, 0) is 19.2 Å². The Morgan fingerprint density at radius 3 is 2.37 bits per heavy atom. The zero-order valence-corrected chi connectivity index (χ0v) is 22.4. The molecular weight excluding hydrogens is 484 g/mol. The second kappa shape index (κ2) is 13.7. The van der Waals surface area contributed by atoms with Gasteiger partial charge in [0.25, 0.3) is 0 Å². The summed E-state index contributed by atoms with van der Waals surface area (Å²) in [6.07, 6.45) is 3.76. The van der Waals surface area contributed by atoms with Gasteiger partial charge in [-0.15, -0.1) is 0 Å². The quantitative estimate of drug-likeness (QED) is 0.391. The second-order valence-corrected chi connectivity index (χ2v) is 9.95. The number of benzene rings is 2. The topological polar surface area (TPSA) is 119 Å². The van der Waals surface area contributed by atoms with Gasteiger partial charge < -0.3 is 20.6 Å². The number of nitrogens with one attached hydrogen (secondary N) is 2. The standard InChI is InChI=1S/C29H38N4O5/c1-20(2)29(38)33(19-27(35)31-18-26(34)30-15-7-12-28(36)37)23-13-16-32(17-14-23)21(3)24-11-6-9-22-8-4-5-10-25(22)24/h4-12,20-21,23H,13-19H2,1-3H3,(H,30,34)(H,31,35)(H,36,37)/b12-7+. The first-order valence-corrected chi connectivity index (χ1v) is 13.1. The van der Waals surface area contributed by atoms with Gasteiger partial charge >= 0.3 is 5.97 Å². The summed E-state index contributed by atoms with van der Waals surface area (Å²) in [5.74, 6) is -2.27. The summed E-state index contributed by atoms with van der Waals surface area (Å²) in [5, 5.41) is 16.1. The van der Waals surface area contributed by atoms with Gasteiger partial charge in [-0.2, -0.15) is 0 Å². The number of aliphatic carboxylic acids is 1. The number of carbonyl (C=O) groups is 4. The molecule has 38 heavy (non-hydrogen) atoms. The van der Waals surface area contributed by atoms with Crippen LogP contribution in [0.1, 0.15) is 45.2 Å². The molecule has 0 bridgehead atoms. The van der Waals surface area contributed by atoms with E-state index in [2.05, 4.69) is 58.9 Å². The Balaban J connectivity index is 1.56. The molecule has 0 spiro atoms. The molecule has 0 aliphatic carbocycles. The van der Waals surface area contributed by atoms with Gasteiger partial charge in [-0.3, -0.25) is 19.3 Å². The molecule has 0 aromatic heterocycles. The van der Waals surface area contributed by atoms with Crippen LogP contribution in [0.2, 0.25) is 0 Å². The van der Waals surface area contributed by atoms with Crippen molar-refractivity contribution in [2.24, 2.45) is 5.92 Å². The van der Waals surface area contributed by atoms with Crippen molar-refractivity contribution >= 4 is 34.5 Å². The van der Waals surface area contributed by atoms with Crippen molar-refractivity contribution in [1.29, 1.82) is 0 Å². The largest absolute Gasteiger partial charge is 0.478 e. The lowest BCUT2D eigenvalue weighted by molar-refractivity contribution is -0.142. The Labute approximate surface area is 223 Å². The van der Waals surface area contributed by atoms with Crippen LogP contribution >= 0.6 is 0 Å². The van der Waals surface area contributed by atoms with Crippen molar-refractivity contribution in [1.82, 2.24) is 20.4 Å². The molecule has 3 amide bonds. The van der Waals surface area contributed by atoms with Crippen molar-refractivity contribution in [2.75, 3.05) is 32.7 Å². The third-order valence-electron chi connectivity index (χ3n) is 6.98. The molecule has 1 aliphatic rings. The van der Waals surface area contributed by atoms with E-state index in [-0.39, 0.29) is 43.5 Å². The minimum Gasteiger partial charge on any atom is -0.478 e. The number of carboxylic acids is 1. The molecule has 0 saturated carbocycles. The van der Waals surface area contributed by atoms with Gasteiger partial charge in [-0.1, -0.05) is 62.4 Å². The number of piperidine rings is 1. The molecule has 1 aliphatic heterocycles. The first-order chi connectivity index (χ1) is 18.2. The van der Waals surface area contributed by atoms with Crippen LogP contribution in [0.5, 0.6) is 0 Å². The van der Waals surface area contributed by atoms with Crippen LogP contribution in [-0.4, -0.2) is 77.4 Å². The van der Waals surface area contributed by atoms with Crippen molar-refractivity contribution in [3.8, 4) is 0 Å². The molecule has 3 rings (SSSR count). The SMILES string of the molecule is CC(C)C(=O)N(CC(=O)NCC(=O)NC/C=C/C(=O)O)C1CCN(C(C)c2cccc3ccccc23)CC1. The van der Waals surface area contributed by atoms with Crippen LogP contribution in [0.25, 0.3) is 10.8 Å². The van der Waals surface area contributed by atoms with E-state index >= 15 is 0 Å². The Kier molecular flexibility index (Phi) is 10.4. The maximum Gasteiger partial charge on any atom is 0.328 e. The van der Waals surface area contributed by atoms with E-state index in [4.69, 9.17) is 5.11 Å². The molecule has 1 saturated heterocycles. The summed E-state index contributed by atoms with van der Waals surface area (Å²) in [5.41, 5.74) is 1.28. The monoisotopic (exact) mass is 522 g/mol. The number of likely N-dealkylation sites (tertiary alicyclic amines) is 1. The predicted molar refractivity (Wildman–Crippen MR) is 146 cm³/mol. The first kappa shape index (κ1) is 28.8. The highest BCUT2D eigenvalue weighted by atomic mass is 16.4. The van der Waals surface area contributed by atoms with Gasteiger partial charge in [0.15, 0.2) is 0 Å². The van der Waals surface area contributed by atoms with Gasteiger partial charge in [0, 0.05) is 43.7 Å². The summed E-state index contributed by atoms with van der Waals surface area (Å²) in [4.78, 5) is 52.2. The van der Waals surface area contributed by atoms with Crippen molar-refractivity contribution in [2.45, 2.75) is 45.7 Å². The zero-order chi connectivity index (χ0) is 27.7. The third kappa shape index (κ3) is 7.89. The van der Waals surface area contributed by atoms with Gasteiger partial charge in [-0.05, 0) is 36.1 Å². The van der Waals surface area contributed by atoms with E-state index in [0.717, 1.165) is 32.0 Å². The highest BCUT2D eigenvalue weighted by Crippen LogP contribution is 2.31. The van der Waals surface area contributed by atoms with Crippen LogP contribution < -0.4 is 10.6 Å². The van der Waals surface area contributed by atoms with E-state index in [1.54, 1.807) is 4.90 Å². The number of amides is 3. The van der Waals surface area contributed by atoms with E-state index in [1.165, 1.54) is 22.4 Å². The number of carbonyl (C=O) groups excluding carboxylic acids is 3. The number of hydrogen-bond acceptors (Lipinski definition) is 5. The molecule has 2 aromatic rings. The minimum atomic E-state index is -1.10. The van der Waals surface area contributed by atoms with Crippen LogP contribution in [0.4, 0.5) is 0 Å². The molecule has 3 N–H and O–H groups in total. The Morgan fingerprint density at radius 2 is 1.68 bits per heavy atom. The normalized spacial score (nSPS) is 15.5. The van der Waals surface area contributed by atoms with Crippen LogP contribution in [0.3, 0.4) is 0 Å². The number of carboxylic acid groups (broad SMARTS) is 1. The Morgan fingerprint density at radius 1 is 1.00 bits per heavy atom. The highest BCUT2D eigenvalue weighted by Gasteiger charge is 2.32. The number of hydrogen-bond donors (Lipinski definition) is 3. The average Bonchev–Trinajstić information content (AvgIpc) is 2.91. The molecule has 1 fully saturated rings. The molecule has 204 valence electrons. The van der Waals surface area contributed by atoms with Gasteiger partial charge in [-0.25, -0.2) is 4.79 Å². The summed E-state index contributed by atoms with van der Waals surface area (Å²) >= 11 is 0. The molecule has 1 unspecified atom stereocenters. The average molecular weight is 523 g/mol. The number of nitrogens with zero attached hydrogens (tertiary/aromatic N) is 2. The summed E-state index contributed by atoms with van der Waals surface area (Å²) in [7, 11) is 0. The summed E-state index contributed by atoms with van der Waals surface area (Å²) in [6.45, 7) is 7.18. The van der Waals surface area contributed by atoms with Gasteiger partial charge in [0.1, 0.15) is 0 Å². The third-order valence-corrected chi connectivity index (χ3v) is 6.98. The summed E-state index contributed by atoms with van der Waals surface area (Å²) in [6, 6.07) is 15.0. The van der Waals surface area contributed by atoms with Gasteiger partial charge in [0.2, 0.25) is 17.7 Å². The molecule has 2 aromatic carbocycles. The second-order valence-electron chi connectivity index (χ2n) is 9.95. The lowest BCUT2D eigenvalue weighted by atomic mass is 9.95. The van der Waals surface area contributed by atoms with Crippen molar-refractivity contribution in [3.63, 3.8) is 0 Å². The van der Waals surface area contributed by atoms with E-state index in [1.807, 2.05) is 19.9 Å². The van der Waals surface area contributed by atoms with E-state index in [9.17, 15) is 19.2 Å². The zero-order valence-electron chi connectivity index (χ0n) is 22.4. The highest BCUT2D eigenvalue weighted by molar-refractivity contribution is 5.89. The van der Waals surface area contributed by atoms with Crippen LogP contribution in [0.15, 0.2) is 54.6 Å². The van der Waals surface area contributed by atoms with Crippen molar-refractivity contribution in [3.05, 3.63) is 60.2 Å². The van der Waals surface area contributed by atoms with Gasteiger partial charge in [0.05, 0.1) is 13.1 Å². The lowest BCUT2D eigenvalue weighted by Crippen LogP contribution is -2.52. The molecule has 1 atom stereocenters. The fraction of sp³-hybridized carbons (Fsp3) is 0.448. The molecule has 9 heteroatoms. The van der Waals surface area contributed by atoms with E-state index < -0.39 is 17.8 Å². The van der Waals surface area contributed by atoms with Crippen molar-refractivity contribution < 1.29 is 24.3 Å². The Bertz CT molecular complexity index is 1170. The number of fused-ring (bicyclic) bond motifs is 1. The maximum atomic E-state index is 13.0. The molecule has 9 nitrogen and oxygen atoms in total. The number of rotatable bonds is 11. The predicted octanol–water partition coefficient (Wildman–Crippen LogP) is 2.72. The summed E-state index contributed by atoms with van der Waals surface area (Å²) < 4.78 is 0. The minimum absolute atomic E-state index is 0.0503. The fourth-order valence-corrected chi connectivity index (χ4v) is 4.90.